The van der Waals surface area contributed by atoms with Crippen molar-refractivity contribution in [2.24, 2.45) is 0 Å². The van der Waals surface area contributed by atoms with Crippen molar-refractivity contribution in [3.8, 4) is 11.1 Å². The predicted molar refractivity (Wildman–Crippen MR) is 193 cm³/mol. The van der Waals surface area contributed by atoms with E-state index in [4.69, 9.17) is 0 Å². The van der Waals surface area contributed by atoms with Gasteiger partial charge in [-0.2, -0.15) is 0 Å². The van der Waals surface area contributed by atoms with Crippen LogP contribution in [0.4, 0.5) is 0 Å². The zero-order valence-electron chi connectivity index (χ0n) is 23.6. The molecule has 0 spiro atoms. The topological polar surface area (TPSA) is 0 Å². The summed E-state index contributed by atoms with van der Waals surface area (Å²) in [5.41, 5.74) is 8.58. The van der Waals surface area contributed by atoms with Gasteiger partial charge in [0.25, 0.3) is 0 Å². The molecule has 0 saturated heterocycles. The van der Waals surface area contributed by atoms with Gasteiger partial charge in [-0.3, -0.25) is 0 Å². The van der Waals surface area contributed by atoms with Gasteiger partial charge < -0.3 is 24.8 Å². The molecule has 0 fully saturated rings. The van der Waals surface area contributed by atoms with Crippen LogP contribution in [0.1, 0.15) is 28.7 Å². The SMILES string of the molecule is Ic1ccc([C](c2ccc(I)cc2)=[Zr+2]([C]2=CC=CC2)[c]2cccc3c2c2c(c4ccccc43)-c3ccccc3C2)cc1.[Cl-].[Cl-]. The normalized spacial score (nSPS) is 12.5. The maximum Gasteiger partial charge on any atom is -1.00 e. The van der Waals surface area contributed by atoms with E-state index in [1.807, 2.05) is 0 Å². The zero-order valence-corrected chi connectivity index (χ0v) is 31.9. The van der Waals surface area contributed by atoms with Crippen LogP contribution in [0.3, 0.4) is 0 Å². The van der Waals surface area contributed by atoms with E-state index >= 15 is 0 Å². The minimum absolute atomic E-state index is 0. The minimum Gasteiger partial charge on any atom is -1.00 e. The molecule has 214 valence electrons. The molecule has 0 atom stereocenters. The van der Waals surface area contributed by atoms with Crippen molar-refractivity contribution < 1.29 is 46.1 Å². The molecule has 0 N–H and O–H groups in total. The van der Waals surface area contributed by atoms with Crippen molar-refractivity contribution in [2.45, 2.75) is 12.8 Å². The second kappa shape index (κ2) is 13.5. The molecule has 0 aliphatic heterocycles. The Kier molecular flexibility index (Phi) is 9.81. The van der Waals surface area contributed by atoms with Gasteiger partial charge in [0.2, 0.25) is 0 Å². The largest absolute Gasteiger partial charge is 1.00 e. The van der Waals surface area contributed by atoms with Crippen molar-refractivity contribution in [1.29, 1.82) is 0 Å². The second-order valence-electron chi connectivity index (χ2n) is 11.0. The van der Waals surface area contributed by atoms with Crippen LogP contribution in [0, 0.1) is 7.14 Å². The van der Waals surface area contributed by atoms with Crippen LogP contribution >= 0.6 is 45.2 Å². The van der Waals surface area contributed by atoms with Gasteiger partial charge in [0.15, 0.2) is 0 Å². The fourth-order valence-corrected chi connectivity index (χ4v) is 15.6. The van der Waals surface area contributed by atoms with E-state index in [1.165, 1.54) is 62.1 Å². The summed E-state index contributed by atoms with van der Waals surface area (Å²) in [5, 5.41) is 5.67. The quantitative estimate of drug-likeness (QED) is 0.184. The first-order valence-corrected chi connectivity index (χ1v) is 20.2. The molecule has 0 saturated carbocycles. The van der Waals surface area contributed by atoms with Crippen LogP contribution in [0.25, 0.3) is 32.7 Å². The summed E-state index contributed by atoms with van der Waals surface area (Å²) in [6.45, 7) is 0. The Balaban J connectivity index is 0.00000171. The molecule has 2 aliphatic rings. The molecule has 0 amide bonds. The van der Waals surface area contributed by atoms with Gasteiger partial charge >= 0.3 is 285 Å². The van der Waals surface area contributed by atoms with Gasteiger partial charge in [-0.1, -0.05) is 0 Å². The van der Waals surface area contributed by atoms with E-state index in [1.54, 1.807) is 9.76 Å². The van der Waals surface area contributed by atoms with Crippen molar-refractivity contribution >= 4 is 73.2 Å². The Morgan fingerprint density at radius 2 is 1.23 bits per heavy atom. The Morgan fingerprint density at radius 3 is 1.89 bits per heavy atom. The van der Waals surface area contributed by atoms with Gasteiger partial charge in [-0.05, 0) is 0 Å². The van der Waals surface area contributed by atoms with E-state index in [0.717, 1.165) is 12.8 Å². The van der Waals surface area contributed by atoms with Crippen molar-refractivity contribution in [3.05, 3.63) is 166 Å². The van der Waals surface area contributed by atoms with E-state index in [-0.39, 0.29) is 24.8 Å². The summed E-state index contributed by atoms with van der Waals surface area (Å²) in [6.07, 6.45) is 9.15. The Labute approximate surface area is 305 Å². The number of hydrogen-bond donors (Lipinski definition) is 0. The Morgan fingerprint density at radius 1 is 0.614 bits per heavy atom. The molecule has 5 heteroatoms. The third kappa shape index (κ3) is 5.55. The van der Waals surface area contributed by atoms with Gasteiger partial charge in [-0.25, -0.2) is 0 Å². The second-order valence-corrected chi connectivity index (χ2v) is 19.5. The molecular weight excluding hydrogens is 884 g/mol. The van der Waals surface area contributed by atoms with E-state index in [2.05, 4.69) is 179 Å². The Hall–Kier alpha value is -1.89. The molecule has 0 bridgehead atoms. The number of halogens is 4. The smallest absolute Gasteiger partial charge is 1.00 e. The summed E-state index contributed by atoms with van der Waals surface area (Å²) in [4.78, 5) is 0. The molecule has 0 nitrogen and oxygen atoms in total. The molecule has 2 aliphatic carbocycles. The van der Waals surface area contributed by atoms with Gasteiger partial charge in [0, 0.05) is 0 Å². The van der Waals surface area contributed by atoms with Crippen LogP contribution in [0.2, 0.25) is 0 Å². The van der Waals surface area contributed by atoms with Crippen molar-refractivity contribution in [2.75, 3.05) is 0 Å². The molecule has 6 aromatic rings. The van der Waals surface area contributed by atoms with Crippen LogP contribution in [-0.4, -0.2) is 3.21 Å². The maximum atomic E-state index is 2.49. The molecular formula is C39H26Cl2I2Zr. The summed E-state index contributed by atoms with van der Waals surface area (Å²) in [7, 11) is 0. The maximum absolute atomic E-state index is 2.74. The number of hydrogen-bond acceptors (Lipinski definition) is 0. The molecule has 44 heavy (non-hydrogen) atoms. The Bertz CT molecular complexity index is 2100. The number of benzene rings is 6. The van der Waals surface area contributed by atoms with Gasteiger partial charge in [-0.15, -0.1) is 0 Å². The number of rotatable bonds is 4. The van der Waals surface area contributed by atoms with Crippen molar-refractivity contribution in [3.63, 3.8) is 0 Å². The predicted octanol–water partition coefficient (Wildman–Crippen LogP) is 4.14. The van der Waals surface area contributed by atoms with Crippen LogP contribution in [0.15, 0.2) is 137 Å². The summed E-state index contributed by atoms with van der Waals surface area (Å²) < 4.78 is 7.38. The average Bonchev–Trinajstić information content (AvgIpc) is 3.70. The first kappa shape index (κ1) is 32.1. The van der Waals surface area contributed by atoms with E-state index in [0.29, 0.717) is 0 Å². The summed E-state index contributed by atoms with van der Waals surface area (Å²) in [5.74, 6) is 0. The van der Waals surface area contributed by atoms with Crippen LogP contribution < -0.4 is 28.1 Å². The van der Waals surface area contributed by atoms with Crippen LogP contribution in [-0.2, 0) is 27.7 Å². The first-order valence-electron chi connectivity index (χ1n) is 14.3. The van der Waals surface area contributed by atoms with E-state index < -0.39 is 21.3 Å². The zero-order chi connectivity index (χ0) is 28.2. The minimum atomic E-state index is -2.74. The first-order chi connectivity index (χ1) is 20.7. The van der Waals surface area contributed by atoms with Gasteiger partial charge in [0.05, 0.1) is 0 Å². The molecule has 0 unspecified atom stereocenters. The molecule has 6 aromatic carbocycles. The number of fused-ring (bicyclic) bond motifs is 8. The molecule has 8 rings (SSSR count). The molecule has 0 radical (unpaired) electrons. The monoisotopic (exact) mass is 908 g/mol. The third-order valence-corrected chi connectivity index (χ3v) is 17.6. The standard InChI is InChI=1S/C21H13.C13H8I2.C5H5.2ClH.Zr/c1-2-8-15-14(7-1)13-20-18-11-4-3-9-16(18)17-10-5-6-12-19(17)21(15)20;14-12-5-1-10(2-6-12)9-11-3-7-13(15)8-4-11;1-2-4-5-3-1;;;/h1-10,12H,13H2;1-8H;1-3H,4H2;2*1H;/q;;;;;+2/p-2. The van der Waals surface area contributed by atoms with E-state index in [9.17, 15) is 0 Å². The van der Waals surface area contributed by atoms with Crippen LogP contribution in [0.5, 0.6) is 0 Å². The summed E-state index contributed by atoms with van der Waals surface area (Å²) in [6, 6.07) is 43.9. The third-order valence-electron chi connectivity index (χ3n) is 8.69. The fraction of sp³-hybridized carbons (Fsp3) is 0.0513. The fourth-order valence-electron chi connectivity index (χ4n) is 6.92. The van der Waals surface area contributed by atoms with Gasteiger partial charge in [0.1, 0.15) is 0 Å². The molecule has 0 heterocycles. The molecule has 0 aromatic heterocycles. The summed E-state index contributed by atoms with van der Waals surface area (Å²) >= 11 is 2.12. The number of allylic oxidation sites excluding steroid dienone is 4. The average molecular weight is 911 g/mol. The van der Waals surface area contributed by atoms with Crippen molar-refractivity contribution in [1.82, 2.24) is 0 Å².